The summed E-state index contributed by atoms with van der Waals surface area (Å²) >= 11 is 0. The first kappa shape index (κ1) is 22.9. The quantitative estimate of drug-likeness (QED) is 0.382. The summed E-state index contributed by atoms with van der Waals surface area (Å²) in [6.07, 6.45) is 2.28. The van der Waals surface area contributed by atoms with Crippen molar-refractivity contribution in [2.45, 2.75) is 13.0 Å². The van der Waals surface area contributed by atoms with Gasteiger partial charge in [-0.15, -0.1) is 0 Å². The zero-order valence-corrected chi connectivity index (χ0v) is 19.3. The summed E-state index contributed by atoms with van der Waals surface area (Å²) < 4.78 is 12.5. The number of anilines is 1. The smallest absolute Gasteiger partial charge is 0.219 e. The molecule has 4 rings (SSSR count). The van der Waals surface area contributed by atoms with Crippen LogP contribution in [0.1, 0.15) is 12.0 Å². The number of benzene rings is 3. The van der Waals surface area contributed by atoms with E-state index in [1.807, 2.05) is 89.7 Å². The highest BCUT2D eigenvalue weighted by molar-refractivity contribution is 5.74. The number of hydrogen-bond acceptors (Lipinski definition) is 5. The molecule has 0 saturated carbocycles. The minimum Gasteiger partial charge on any atom is -0.497 e. The van der Waals surface area contributed by atoms with Gasteiger partial charge in [0.2, 0.25) is 5.91 Å². The zero-order chi connectivity index (χ0) is 23.9. The topological polar surface area (TPSA) is 82.6 Å². The molecule has 1 heterocycles. The second-order valence-corrected chi connectivity index (χ2v) is 7.85. The standard InChI is InChI=1S/C27H28N4O3/c1-33-24-12-8-20(9-13-24)27-21(19-31(29-27)23-6-4-3-5-7-23)18-30(17-16-26(28)32)22-10-14-25(34-2)15-11-22/h3-15,19H,16-18H2,1-2H3,(H2,28,32). The van der Waals surface area contributed by atoms with Crippen LogP contribution in [0, 0.1) is 0 Å². The molecule has 0 bridgehead atoms. The van der Waals surface area contributed by atoms with Gasteiger partial charge >= 0.3 is 0 Å². The highest BCUT2D eigenvalue weighted by Crippen LogP contribution is 2.29. The molecular weight excluding hydrogens is 428 g/mol. The molecule has 0 aliphatic heterocycles. The molecule has 0 unspecified atom stereocenters. The summed E-state index contributed by atoms with van der Waals surface area (Å²) in [7, 11) is 3.29. The number of para-hydroxylation sites is 1. The van der Waals surface area contributed by atoms with Crippen molar-refractivity contribution in [3.8, 4) is 28.4 Å². The fourth-order valence-corrected chi connectivity index (χ4v) is 3.77. The molecule has 1 amide bonds. The average Bonchev–Trinajstić information content (AvgIpc) is 3.31. The van der Waals surface area contributed by atoms with Crippen LogP contribution in [0.15, 0.2) is 85.1 Å². The summed E-state index contributed by atoms with van der Waals surface area (Å²) in [5.41, 5.74) is 10.3. The number of carbonyl (C=O) groups excluding carboxylic acids is 1. The molecule has 34 heavy (non-hydrogen) atoms. The number of hydrogen-bond donors (Lipinski definition) is 1. The van der Waals surface area contributed by atoms with Gasteiger partial charge in [-0.1, -0.05) is 18.2 Å². The Morgan fingerprint density at radius 3 is 2.12 bits per heavy atom. The fourth-order valence-electron chi connectivity index (χ4n) is 3.77. The van der Waals surface area contributed by atoms with E-state index in [4.69, 9.17) is 20.3 Å². The molecule has 7 nitrogen and oxygen atoms in total. The number of nitrogens with zero attached hydrogens (tertiary/aromatic N) is 3. The van der Waals surface area contributed by atoms with Crippen molar-refractivity contribution in [2.75, 3.05) is 25.7 Å². The van der Waals surface area contributed by atoms with Gasteiger partial charge in [0.1, 0.15) is 11.5 Å². The maximum Gasteiger partial charge on any atom is 0.219 e. The Balaban J connectivity index is 1.73. The molecule has 0 saturated heterocycles. The first-order chi connectivity index (χ1) is 16.6. The SMILES string of the molecule is COc1ccc(-c2nn(-c3ccccc3)cc2CN(CCC(N)=O)c2ccc(OC)cc2)cc1. The van der Waals surface area contributed by atoms with Gasteiger partial charge in [0.25, 0.3) is 0 Å². The molecule has 0 fully saturated rings. The maximum absolute atomic E-state index is 11.6. The molecule has 7 heteroatoms. The second-order valence-electron chi connectivity index (χ2n) is 7.85. The van der Waals surface area contributed by atoms with Crippen molar-refractivity contribution in [1.82, 2.24) is 9.78 Å². The lowest BCUT2D eigenvalue weighted by Gasteiger charge is -2.24. The van der Waals surface area contributed by atoms with E-state index in [1.165, 1.54) is 0 Å². The number of rotatable bonds is 10. The van der Waals surface area contributed by atoms with Gasteiger partial charge in [0, 0.05) is 42.5 Å². The van der Waals surface area contributed by atoms with Gasteiger partial charge in [-0.2, -0.15) is 5.10 Å². The van der Waals surface area contributed by atoms with Crippen molar-refractivity contribution in [3.63, 3.8) is 0 Å². The van der Waals surface area contributed by atoms with E-state index >= 15 is 0 Å². The van der Waals surface area contributed by atoms with Crippen LogP contribution in [0.25, 0.3) is 16.9 Å². The van der Waals surface area contributed by atoms with E-state index in [2.05, 4.69) is 4.90 Å². The van der Waals surface area contributed by atoms with E-state index in [0.29, 0.717) is 13.1 Å². The fraction of sp³-hybridized carbons (Fsp3) is 0.185. The Kier molecular flexibility index (Phi) is 7.13. The zero-order valence-electron chi connectivity index (χ0n) is 19.3. The summed E-state index contributed by atoms with van der Waals surface area (Å²) in [4.78, 5) is 13.7. The predicted molar refractivity (Wildman–Crippen MR) is 133 cm³/mol. The van der Waals surface area contributed by atoms with Gasteiger partial charge in [-0.25, -0.2) is 4.68 Å². The molecule has 174 valence electrons. The third-order valence-corrected chi connectivity index (χ3v) is 5.60. The molecular formula is C27H28N4O3. The molecule has 3 aromatic carbocycles. The largest absolute Gasteiger partial charge is 0.497 e. The molecule has 4 aromatic rings. The normalized spacial score (nSPS) is 10.6. The lowest BCUT2D eigenvalue weighted by Crippen LogP contribution is -2.27. The van der Waals surface area contributed by atoms with E-state index in [9.17, 15) is 4.79 Å². The van der Waals surface area contributed by atoms with Crippen LogP contribution in [-0.4, -0.2) is 36.5 Å². The Labute approximate surface area is 199 Å². The van der Waals surface area contributed by atoms with Crippen LogP contribution >= 0.6 is 0 Å². The van der Waals surface area contributed by atoms with E-state index in [1.54, 1.807) is 14.2 Å². The number of amides is 1. The molecule has 0 radical (unpaired) electrons. The molecule has 0 aliphatic carbocycles. The lowest BCUT2D eigenvalue weighted by atomic mass is 10.1. The van der Waals surface area contributed by atoms with Crippen molar-refractivity contribution in [3.05, 3.63) is 90.6 Å². The lowest BCUT2D eigenvalue weighted by molar-refractivity contribution is -0.117. The predicted octanol–water partition coefficient (Wildman–Crippen LogP) is 4.44. The minimum absolute atomic E-state index is 0.247. The van der Waals surface area contributed by atoms with Crippen molar-refractivity contribution in [1.29, 1.82) is 0 Å². The maximum atomic E-state index is 11.6. The number of methoxy groups -OCH3 is 2. The van der Waals surface area contributed by atoms with Crippen LogP contribution < -0.4 is 20.1 Å². The van der Waals surface area contributed by atoms with E-state index in [0.717, 1.165) is 39.7 Å². The van der Waals surface area contributed by atoms with E-state index in [-0.39, 0.29) is 12.3 Å². The number of aromatic nitrogens is 2. The van der Waals surface area contributed by atoms with Crippen LogP contribution in [0.5, 0.6) is 11.5 Å². The Morgan fingerprint density at radius 1 is 0.912 bits per heavy atom. The molecule has 1 aromatic heterocycles. The second kappa shape index (κ2) is 10.6. The number of nitrogens with two attached hydrogens (primary N) is 1. The van der Waals surface area contributed by atoms with Crippen LogP contribution in [-0.2, 0) is 11.3 Å². The van der Waals surface area contributed by atoms with Crippen LogP contribution in [0.4, 0.5) is 5.69 Å². The summed E-state index contributed by atoms with van der Waals surface area (Å²) in [5, 5.41) is 4.91. The number of primary amides is 1. The average molecular weight is 457 g/mol. The van der Waals surface area contributed by atoms with Crippen molar-refractivity contribution in [2.24, 2.45) is 5.73 Å². The van der Waals surface area contributed by atoms with Gasteiger partial charge in [-0.3, -0.25) is 4.79 Å². The Hall–Kier alpha value is -4.26. The number of ether oxygens (including phenoxy) is 2. The highest BCUT2D eigenvalue weighted by atomic mass is 16.5. The highest BCUT2D eigenvalue weighted by Gasteiger charge is 2.17. The van der Waals surface area contributed by atoms with E-state index < -0.39 is 0 Å². The number of carbonyl (C=O) groups is 1. The van der Waals surface area contributed by atoms with Crippen molar-refractivity contribution >= 4 is 11.6 Å². The first-order valence-corrected chi connectivity index (χ1v) is 11.0. The van der Waals surface area contributed by atoms with Crippen LogP contribution in [0.2, 0.25) is 0 Å². The molecule has 0 aliphatic rings. The first-order valence-electron chi connectivity index (χ1n) is 11.0. The summed E-state index contributed by atoms with van der Waals surface area (Å²) in [5.74, 6) is 1.22. The van der Waals surface area contributed by atoms with Gasteiger partial charge in [0.05, 0.1) is 25.6 Å². The van der Waals surface area contributed by atoms with Gasteiger partial charge < -0.3 is 20.1 Å². The third-order valence-electron chi connectivity index (χ3n) is 5.60. The summed E-state index contributed by atoms with van der Waals surface area (Å²) in [6.45, 7) is 1.04. The Morgan fingerprint density at radius 2 is 1.53 bits per heavy atom. The van der Waals surface area contributed by atoms with Gasteiger partial charge in [-0.05, 0) is 60.7 Å². The minimum atomic E-state index is -0.339. The third kappa shape index (κ3) is 5.38. The molecule has 2 N–H and O–H groups in total. The van der Waals surface area contributed by atoms with Gasteiger partial charge in [0.15, 0.2) is 0 Å². The van der Waals surface area contributed by atoms with Crippen LogP contribution in [0.3, 0.4) is 0 Å². The molecule has 0 spiro atoms. The van der Waals surface area contributed by atoms with Crippen molar-refractivity contribution < 1.29 is 14.3 Å². The Bertz CT molecular complexity index is 1220. The molecule has 0 atom stereocenters. The monoisotopic (exact) mass is 456 g/mol. The summed E-state index contributed by atoms with van der Waals surface area (Å²) in [6, 6.07) is 25.6.